The Labute approximate surface area is 148 Å². The van der Waals surface area contributed by atoms with E-state index in [0.717, 1.165) is 12.1 Å². The first kappa shape index (κ1) is 19.5. The normalized spacial score (nSPS) is 12.4. The molecule has 0 spiro atoms. The quantitative estimate of drug-likeness (QED) is 0.762. The maximum absolute atomic E-state index is 13.2. The zero-order valence-electron chi connectivity index (χ0n) is 13.4. The van der Waals surface area contributed by atoms with Crippen LogP contribution < -0.4 is 5.32 Å². The van der Waals surface area contributed by atoms with Crippen LogP contribution in [0.1, 0.15) is 16.8 Å². The summed E-state index contributed by atoms with van der Waals surface area (Å²) in [5, 5.41) is 11.3. The van der Waals surface area contributed by atoms with E-state index in [0.29, 0.717) is 6.07 Å². The van der Waals surface area contributed by atoms with Crippen molar-refractivity contribution in [2.45, 2.75) is 17.4 Å². The molecule has 0 fully saturated rings. The predicted molar refractivity (Wildman–Crippen MR) is 88.4 cm³/mol. The maximum Gasteiger partial charge on any atom is 0.326 e. The van der Waals surface area contributed by atoms with E-state index < -0.39 is 45.1 Å². The highest BCUT2D eigenvalue weighted by Crippen LogP contribution is 2.13. The topological polar surface area (TPSA) is 101 Å². The molecule has 0 aromatic heterocycles. The second kappa shape index (κ2) is 8.05. The molecule has 0 aliphatic carbocycles. The molecule has 9 heteroatoms. The fourth-order valence-electron chi connectivity index (χ4n) is 2.16. The number of carbonyl (C=O) groups excluding carboxylic acids is 1. The molecule has 0 bridgehead atoms. The van der Waals surface area contributed by atoms with E-state index in [1.807, 2.05) is 0 Å². The Morgan fingerprint density at radius 1 is 1.04 bits per heavy atom. The monoisotopic (exact) mass is 383 g/mol. The van der Waals surface area contributed by atoms with Crippen molar-refractivity contribution in [2.24, 2.45) is 0 Å². The molecule has 0 unspecified atom stereocenters. The summed E-state index contributed by atoms with van der Waals surface area (Å²) in [4.78, 5) is 23.3. The number of carboxylic acid groups (broad SMARTS) is 1. The van der Waals surface area contributed by atoms with Crippen LogP contribution in [0, 0.1) is 11.6 Å². The lowest BCUT2D eigenvalue weighted by atomic mass is 10.1. The van der Waals surface area contributed by atoms with E-state index in [1.54, 1.807) is 6.07 Å². The van der Waals surface area contributed by atoms with Crippen LogP contribution in [-0.4, -0.2) is 37.2 Å². The van der Waals surface area contributed by atoms with Gasteiger partial charge in [0.25, 0.3) is 5.91 Å². The SMILES string of the molecule is O=C(N[C@@H](CCS(=O)(=O)c1ccccc1)C(=O)O)c1ccc(F)c(F)c1. The minimum absolute atomic E-state index is 0.0380. The summed E-state index contributed by atoms with van der Waals surface area (Å²) in [6.07, 6.45) is -0.387. The first-order chi connectivity index (χ1) is 12.2. The number of rotatable bonds is 7. The molecule has 138 valence electrons. The number of halogens is 2. The van der Waals surface area contributed by atoms with Crippen LogP contribution in [0.25, 0.3) is 0 Å². The van der Waals surface area contributed by atoms with Crippen LogP contribution in [0.15, 0.2) is 53.4 Å². The van der Waals surface area contributed by atoms with Crippen molar-refractivity contribution >= 4 is 21.7 Å². The number of hydrogen-bond donors (Lipinski definition) is 2. The molecule has 0 aliphatic rings. The first-order valence-electron chi connectivity index (χ1n) is 7.47. The zero-order valence-corrected chi connectivity index (χ0v) is 14.2. The standard InChI is InChI=1S/C17H15F2NO5S/c18-13-7-6-11(10-14(13)19)16(21)20-15(17(22)23)8-9-26(24,25)12-4-2-1-3-5-12/h1-7,10,15H,8-9H2,(H,20,21)(H,22,23)/t15-/m0/s1. The predicted octanol–water partition coefficient (Wildman–Crippen LogP) is 2.01. The average molecular weight is 383 g/mol. The van der Waals surface area contributed by atoms with Gasteiger partial charge in [0.05, 0.1) is 10.6 Å². The Balaban J connectivity index is 2.08. The van der Waals surface area contributed by atoms with E-state index in [2.05, 4.69) is 5.32 Å². The van der Waals surface area contributed by atoms with E-state index >= 15 is 0 Å². The lowest BCUT2D eigenvalue weighted by Crippen LogP contribution is -2.42. The van der Waals surface area contributed by atoms with Gasteiger partial charge in [-0.15, -0.1) is 0 Å². The maximum atomic E-state index is 13.2. The molecule has 2 aromatic carbocycles. The number of hydrogen-bond acceptors (Lipinski definition) is 4. The van der Waals surface area contributed by atoms with Crippen molar-refractivity contribution in [1.29, 1.82) is 0 Å². The Hall–Kier alpha value is -2.81. The summed E-state index contributed by atoms with van der Waals surface area (Å²) < 4.78 is 50.5. The third kappa shape index (κ3) is 4.85. The van der Waals surface area contributed by atoms with Crippen LogP contribution in [-0.2, 0) is 14.6 Å². The summed E-state index contributed by atoms with van der Waals surface area (Å²) in [7, 11) is -3.73. The van der Waals surface area contributed by atoms with E-state index in [-0.39, 0.29) is 16.9 Å². The number of carboxylic acids is 1. The van der Waals surface area contributed by atoms with Crippen molar-refractivity contribution in [3.05, 3.63) is 65.7 Å². The highest BCUT2D eigenvalue weighted by Gasteiger charge is 2.24. The molecule has 0 heterocycles. The average Bonchev–Trinajstić information content (AvgIpc) is 2.61. The molecule has 0 aliphatic heterocycles. The van der Waals surface area contributed by atoms with Crippen molar-refractivity contribution in [1.82, 2.24) is 5.32 Å². The van der Waals surface area contributed by atoms with Crippen LogP contribution in [0.4, 0.5) is 8.78 Å². The van der Waals surface area contributed by atoms with Crippen molar-refractivity contribution < 1.29 is 31.9 Å². The second-order valence-electron chi connectivity index (χ2n) is 5.41. The fourth-order valence-corrected chi connectivity index (χ4v) is 3.51. The van der Waals surface area contributed by atoms with Gasteiger partial charge in [0.15, 0.2) is 21.5 Å². The second-order valence-corrected chi connectivity index (χ2v) is 7.52. The van der Waals surface area contributed by atoms with E-state index in [9.17, 15) is 31.9 Å². The minimum atomic E-state index is -3.73. The molecule has 0 radical (unpaired) electrons. The number of aliphatic carboxylic acids is 1. The molecule has 2 N–H and O–H groups in total. The van der Waals surface area contributed by atoms with Crippen LogP contribution in [0.2, 0.25) is 0 Å². The Morgan fingerprint density at radius 2 is 1.69 bits per heavy atom. The summed E-state index contributed by atoms with van der Waals surface area (Å²) in [6.45, 7) is 0. The zero-order chi connectivity index (χ0) is 19.3. The lowest BCUT2D eigenvalue weighted by Gasteiger charge is -2.15. The third-order valence-corrected chi connectivity index (χ3v) is 5.33. The molecule has 2 aromatic rings. The Bertz CT molecular complexity index is 916. The largest absolute Gasteiger partial charge is 0.480 e. The van der Waals surface area contributed by atoms with Crippen LogP contribution in [0.3, 0.4) is 0 Å². The number of benzene rings is 2. The molecule has 26 heavy (non-hydrogen) atoms. The molecular formula is C17H15F2NO5S. The van der Waals surface area contributed by atoms with Gasteiger partial charge in [-0.05, 0) is 36.8 Å². The van der Waals surface area contributed by atoms with Crippen LogP contribution in [0.5, 0.6) is 0 Å². The van der Waals surface area contributed by atoms with Gasteiger partial charge in [-0.1, -0.05) is 18.2 Å². The van der Waals surface area contributed by atoms with Gasteiger partial charge in [0, 0.05) is 5.56 Å². The van der Waals surface area contributed by atoms with E-state index in [4.69, 9.17) is 0 Å². The Morgan fingerprint density at radius 3 is 2.27 bits per heavy atom. The molecule has 1 amide bonds. The Kier molecular flexibility index (Phi) is 6.04. The summed E-state index contributed by atoms with van der Waals surface area (Å²) in [5.74, 6) is -5.30. The summed E-state index contributed by atoms with van der Waals surface area (Å²) in [5.41, 5.74) is -0.277. The van der Waals surface area contributed by atoms with Gasteiger partial charge in [-0.3, -0.25) is 4.79 Å². The number of carbonyl (C=O) groups is 2. The number of sulfone groups is 1. The van der Waals surface area contributed by atoms with E-state index in [1.165, 1.54) is 24.3 Å². The number of nitrogens with one attached hydrogen (secondary N) is 1. The molecule has 0 saturated heterocycles. The van der Waals surface area contributed by atoms with Gasteiger partial charge in [0.1, 0.15) is 6.04 Å². The van der Waals surface area contributed by atoms with Crippen LogP contribution >= 0.6 is 0 Å². The summed E-state index contributed by atoms with van der Waals surface area (Å²) in [6, 6.07) is 8.32. The van der Waals surface area contributed by atoms with Crippen molar-refractivity contribution in [3.63, 3.8) is 0 Å². The van der Waals surface area contributed by atoms with Gasteiger partial charge < -0.3 is 10.4 Å². The summed E-state index contributed by atoms with van der Waals surface area (Å²) >= 11 is 0. The first-order valence-corrected chi connectivity index (χ1v) is 9.12. The molecule has 1 atom stereocenters. The van der Waals surface area contributed by atoms with Gasteiger partial charge in [0.2, 0.25) is 0 Å². The third-order valence-electron chi connectivity index (χ3n) is 3.56. The van der Waals surface area contributed by atoms with Crippen molar-refractivity contribution in [2.75, 3.05) is 5.75 Å². The van der Waals surface area contributed by atoms with Gasteiger partial charge >= 0.3 is 5.97 Å². The minimum Gasteiger partial charge on any atom is -0.480 e. The van der Waals surface area contributed by atoms with Crippen molar-refractivity contribution in [3.8, 4) is 0 Å². The highest BCUT2D eigenvalue weighted by atomic mass is 32.2. The highest BCUT2D eigenvalue weighted by molar-refractivity contribution is 7.91. The van der Waals surface area contributed by atoms with Gasteiger partial charge in [-0.25, -0.2) is 22.0 Å². The number of amides is 1. The smallest absolute Gasteiger partial charge is 0.326 e. The molecular weight excluding hydrogens is 368 g/mol. The molecule has 2 rings (SSSR count). The molecule has 6 nitrogen and oxygen atoms in total. The lowest BCUT2D eigenvalue weighted by molar-refractivity contribution is -0.139. The molecule has 0 saturated carbocycles. The van der Waals surface area contributed by atoms with Gasteiger partial charge in [-0.2, -0.15) is 0 Å². The fraction of sp³-hybridized carbons (Fsp3) is 0.176.